The van der Waals surface area contributed by atoms with Gasteiger partial charge in [0, 0.05) is 17.7 Å². The highest BCUT2D eigenvalue weighted by Gasteiger charge is 2.35. The van der Waals surface area contributed by atoms with Crippen molar-refractivity contribution in [2.45, 2.75) is 31.9 Å². The summed E-state index contributed by atoms with van der Waals surface area (Å²) in [5.41, 5.74) is 1.01. The molecule has 2 aromatic heterocycles. The molecule has 160 valence electrons. The van der Waals surface area contributed by atoms with Gasteiger partial charge in [-0.25, -0.2) is 19.7 Å². The van der Waals surface area contributed by atoms with E-state index in [0.29, 0.717) is 35.7 Å². The summed E-state index contributed by atoms with van der Waals surface area (Å²) < 4.78 is 39.4. The minimum Gasteiger partial charge on any atom is -0.305 e. The van der Waals surface area contributed by atoms with Crippen LogP contribution < -0.4 is 10.2 Å². The van der Waals surface area contributed by atoms with Crippen molar-refractivity contribution in [3.8, 4) is 11.3 Å². The SMILES string of the molecule is CC1(C)CCN(C(=O)Nc2cncnc2)c2nc(-c3cccc(C(F)(F)F)c3)ccc21. The van der Waals surface area contributed by atoms with E-state index < -0.39 is 17.8 Å². The van der Waals surface area contributed by atoms with Crippen molar-refractivity contribution >= 4 is 17.5 Å². The van der Waals surface area contributed by atoms with Gasteiger partial charge in [-0.15, -0.1) is 0 Å². The van der Waals surface area contributed by atoms with Crippen LogP contribution in [-0.2, 0) is 11.6 Å². The second-order valence-corrected chi connectivity index (χ2v) is 7.99. The Morgan fingerprint density at radius 2 is 1.87 bits per heavy atom. The first-order valence-corrected chi connectivity index (χ1v) is 9.68. The van der Waals surface area contributed by atoms with E-state index in [4.69, 9.17) is 0 Å². The number of hydrogen-bond donors (Lipinski definition) is 1. The van der Waals surface area contributed by atoms with Gasteiger partial charge in [-0.05, 0) is 30.0 Å². The number of pyridine rings is 1. The number of amides is 2. The van der Waals surface area contributed by atoms with Gasteiger partial charge in [-0.1, -0.05) is 32.0 Å². The van der Waals surface area contributed by atoms with Gasteiger partial charge >= 0.3 is 12.2 Å². The second-order valence-electron chi connectivity index (χ2n) is 7.99. The van der Waals surface area contributed by atoms with E-state index in [1.165, 1.54) is 29.7 Å². The van der Waals surface area contributed by atoms with Crippen molar-refractivity contribution in [3.05, 3.63) is 66.2 Å². The fourth-order valence-electron chi connectivity index (χ4n) is 3.58. The van der Waals surface area contributed by atoms with Crippen LogP contribution in [0.3, 0.4) is 0 Å². The molecule has 1 N–H and O–H groups in total. The largest absolute Gasteiger partial charge is 0.416 e. The van der Waals surface area contributed by atoms with Crippen LogP contribution in [0.4, 0.5) is 29.5 Å². The molecule has 1 aliphatic heterocycles. The lowest BCUT2D eigenvalue weighted by molar-refractivity contribution is -0.137. The van der Waals surface area contributed by atoms with Gasteiger partial charge in [0.15, 0.2) is 0 Å². The van der Waals surface area contributed by atoms with E-state index in [-0.39, 0.29) is 5.41 Å². The van der Waals surface area contributed by atoms with Crippen LogP contribution in [0.15, 0.2) is 55.1 Å². The van der Waals surface area contributed by atoms with E-state index in [9.17, 15) is 18.0 Å². The molecular formula is C22H20F3N5O. The van der Waals surface area contributed by atoms with Crippen molar-refractivity contribution in [1.82, 2.24) is 15.0 Å². The van der Waals surface area contributed by atoms with E-state index in [1.54, 1.807) is 12.1 Å². The molecule has 3 aromatic rings. The lowest BCUT2D eigenvalue weighted by Gasteiger charge is -2.38. The molecule has 0 spiro atoms. The molecule has 0 aliphatic carbocycles. The topological polar surface area (TPSA) is 71.0 Å². The molecule has 1 aliphatic rings. The average molecular weight is 427 g/mol. The third-order valence-corrected chi connectivity index (χ3v) is 5.36. The summed E-state index contributed by atoms with van der Waals surface area (Å²) in [5, 5.41) is 2.74. The monoisotopic (exact) mass is 427 g/mol. The number of aromatic nitrogens is 3. The molecule has 2 amide bonds. The lowest BCUT2D eigenvalue weighted by Crippen LogP contribution is -2.44. The number of urea groups is 1. The minimum absolute atomic E-state index is 0.235. The van der Waals surface area contributed by atoms with Crippen LogP contribution in [0.1, 0.15) is 31.4 Å². The zero-order chi connectivity index (χ0) is 22.2. The summed E-state index contributed by atoms with van der Waals surface area (Å²) in [6, 6.07) is 8.14. The van der Waals surface area contributed by atoms with Crippen LogP contribution in [0.5, 0.6) is 0 Å². The number of carbonyl (C=O) groups is 1. The Morgan fingerprint density at radius 3 is 2.58 bits per heavy atom. The predicted molar refractivity (Wildman–Crippen MR) is 111 cm³/mol. The normalized spacial score (nSPS) is 15.3. The van der Waals surface area contributed by atoms with Gasteiger partial charge < -0.3 is 5.32 Å². The average Bonchev–Trinajstić information content (AvgIpc) is 2.73. The zero-order valence-electron chi connectivity index (χ0n) is 16.9. The number of halogens is 3. The summed E-state index contributed by atoms with van der Waals surface area (Å²) in [4.78, 5) is 26.8. The highest BCUT2D eigenvalue weighted by molar-refractivity contribution is 6.02. The van der Waals surface area contributed by atoms with E-state index >= 15 is 0 Å². The third-order valence-electron chi connectivity index (χ3n) is 5.36. The molecule has 6 nitrogen and oxygen atoms in total. The maximum atomic E-state index is 13.1. The van der Waals surface area contributed by atoms with E-state index in [1.807, 2.05) is 6.07 Å². The summed E-state index contributed by atoms with van der Waals surface area (Å²) in [7, 11) is 0. The minimum atomic E-state index is -4.45. The number of nitrogens with zero attached hydrogens (tertiary/aromatic N) is 4. The first-order chi connectivity index (χ1) is 14.6. The van der Waals surface area contributed by atoms with Crippen molar-refractivity contribution in [3.63, 3.8) is 0 Å². The number of benzene rings is 1. The smallest absolute Gasteiger partial charge is 0.305 e. The third kappa shape index (κ3) is 4.21. The van der Waals surface area contributed by atoms with Gasteiger partial charge in [0.2, 0.25) is 0 Å². The molecular weight excluding hydrogens is 407 g/mol. The fourth-order valence-corrected chi connectivity index (χ4v) is 3.58. The summed E-state index contributed by atoms with van der Waals surface area (Å²) in [6.07, 6.45) is 0.578. The van der Waals surface area contributed by atoms with Crippen molar-refractivity contribution in [2.24, 2.45) is 0 Å². The molecule has 0 fully saturated rings. The summed E-state index contributed by atoms with van der Waals surface area (Å²) >= 11 is 0. The summed E-state index contributed by atoms with van der Waals surface area (Å²) in [6.45, 7) is 4.52. The Bertz CT molecular complexity index is 1120. The molecule has 3 heterocycles. The molecule has 0 saturated carbocycles. The molecule has 0 radical (unpaired) electrons. The molecule has 9 heteroatoms. The maximum absolute atomic E-state index is 13.1. The molecule has 0 unspecified atom stereocenters. The molecule has 31 heavy (non-hydrogen) atoms. The van der Waals surface area contributed by atoms with Gasteiger partial charge in [0.05, 0.1) is 29.3 Å². The molecule has 1 aromatic carbocycles. The van der Waals surface area contributed by atoms with Crippen molar-refractivity contribution in [1.29, 1.82) is 0 Å². The number of rotatable bonds is 2. The van der Waals surface area contributed by atoms with Gasteiger partial charge in [-0.2, -0.15) is 13.2 Å². The van der Waals surface area contributed by atoms with E-state index in [2.05, 4.69) is 34.1 Å². The predicted octanol–water partition coefficient (Wildman–Crippen LogP) is 5.28. The van der Waals surface area contributed by atoms with Gasteiger partial charge in [0.25, 0.3) is 0 Å². The second kappa shape index (κ2) is 7.64. The van der Waals surface area contributed by atoms with Crippen molar-refractivity contribution < 1.29 is 18.0 Å². The number of carbonyl (C=O) groups excluding carboxylic acids is 1. The Kier molecular flexibility index (Phi) is 5.12. The molecule has 0 atom stereocenters. The first kappa shape index (κ1) is 20.8. The standard InChI is InChI=1S/C22H20F3N5O/c1-21(2)8-9-30(20(31)28-16-11-26-13-27-12-16)19-17(21)6-7-18(29-19)14-4-3-5-15(10-14)22(23,24)25/h3-7,10-13H,8-9H2,1-2H3,(H,28,31). The zero-order valence-corrected chi connectivity index (χ0v) is 16.9. The van der Waals surface area contributed by atoms with Crippen LogP contribution in [0.25, 0.3) is 11.3 Å². The number of anilines is 2. The molecule has 0 saturated heterocycles. The Balaban J connectivity index is 1.73. The number of fused-ring (bicyclic) bond motifs is 1. The van der Waals surface area contributed by atoms with Crippen LogP contribution >= 0.6 is 0 Å². The number of hydrogen-bond acceptors (Lipinski definition) is 4. The highest BCUT2D eigenvalue weighted by atomic mass is 19.4. The van der Waals surface area contributed by atoms with Gasteiger partial charge in [-0.3, -0.25) is 4.90 Å². The van der Waals surface area contributed by atoms with Gasteiger partial charge in [0.1, 0.15) is 12.1 Å². The lowest BCUT2D eigenvalue weighted by atomic mass is 9.79. The number of alkyl halides is 3. The summed E-state index contributed by atoms with van der Waals surface area (Å²) in [5.74, 6) is 0.431. The van der Waals surface area contributed by atoms with E-state index in [0.717, 1.165) is 17.7 Å². The van der Waals surface area contributed by atoms with Crippen molar-refractivity contribution in [2.75, 3.05) is 16.8 Å². The molecule has 4 rings (SSSR count). The fraction of sp³-hybridized carbons (Fsp3) is 0.273. The molecule has 0 bridgehead atoms. The van der Waals surface area contributed by atoms with Crippen LogP contribution in [0.2, 0.25) is 0 Å². The Hall–Kier alpha value is -3.49. The Morgan fingerprint density at radius 1 is 1.13 bits per heavy atom. The number of nitrogens with one attached hydrogen (secondary N) is 1. The van der Waals surface area contributed by atoms with Crippen LogP contribution in [0, 0.1) is 0 Å². The maximum Gasteiger partial charge on any atom is 0.416 e. The highest BCUT2D eigenvalue weighted by Crippen LogP contribution is 2.40. The first-order valence-electron chi connectivity index (χ1n) is 9.68. The Labute approximate surface area is 177 Å². The quantitative estimate of drug-likeness (QED) is 0.604. The van der Waals surface area contributed by atoms with Crippen LogP contribution in [-0.4, -0.2) is 27.5 Å².